The van der Waals surface area contributed by atoms with Crippen LogP contribution in [0.4, 0.5) is 0 Å². The Bertz CT molecular complexity index is 880. The van der Waals surface area contributed by atoms with Gasteiger partial charge in [-0.1, -0.05) is 12.1 Å². The van der Waals surface area contributed by atoms with Crippen LogP contribution in [0.3, 0.4) is 0 Å². The Kier molecular flexibility index (Phi) is 6.38. The third-order valence-electron chi connectivity index (χ3n) is 4.72. The summed E-state index contributed by atoms with van der Waals surface area (Å²) in [5, 5.41) is 1.82. The number of ketones is 1. The van der Waals surface area contributed by atoms with Crippen LogP contribution in [0.5, 0.6) is 0 Å². The van der Waals surface area contributed by atoms with E-state index >= 15 is 0 Å². The molecule has 0 unspecified atom stereocenters. The first-order chi connectivity index (χ1) is 12.8. The van der Waals surface area contributed by atoms with Gasteiger partial charge in [-0.15, -0.1) is 17.9 Å². The number of carbonyl (C=O) groups is 3. The molecular weight excluding hydrogens is 364 g/mol. The number of hydrogen-bond acceptors (Lipinski definition) is 5. The maximum absolute atomic E-state index is 13.3. The number of methoxy groups -OCH3 is 1. The van der Waals surface area contributed by atoms with E-state index < -0.39 is 12.0 Å². The molecule has 2 heterocycles. The van der Waals surface area contributed by atoms with Gasteiger partial charge in [-0.3, -0.25) is 9.59 Å². The van der Waals surface area contributed by atoms with Gasteiger partial charge in [0, 0.05) is 24.8 Å². The van der Waals surface area contributed by atoms with Crippen LogP contribution < -0.4 is 0 Å². The van der Waals surface area contributed by atoms with Gasteiger partial charge in [-0.25, -0.2) is 4.79 Å². The minimum absolute atomic E-state index is 0.217. The van der Waals surface area contributed by atoms with E-state index in [1.165, 1.54) is 23.3 Å². The fourth-order valence-electron chi connectivity index (χ4n) is 3.17. The minimum Gasteiger partial charge on any atom is -0.464 e. The second-order valence-corrected chi connectivity index (χ2v) is 7.20. The van der Waals surface area contributed by atoms with Crippen molar-refractivity contribution in [1.29, 1.82) is 0 Å². The second kappa shape index (κ2) is 8.35. The average Bonchev–Trinajstić information content (AvgIpc) is 3.25. The maximum Gasteiger partial charge on any atom is 0.354 e. The van der Waals surface area contributed by atoms with E-state index in [2.05, 4.69) is 6.58 Å². The van der Waals surface area contributed by atoms with Gasteiger partial charge in [0.1, 0.15) is 5.69 Å². The molecule has 7 heteroatoms. The number of amides is 1. The van der Waals surface area contributed by atoms with Gasteiger partial charge < -0.3 is 14.2 Å². The monoisotopic (exact) mass is 388 g/mol. The predicted octanol–water partition coefficient (Wildman–Crippen LogP) is 3.39. The summed E-state index contributed by atoms with van der Waals surface area (Å²) in [4.78, 5) is 40.2. The van der Waals surface area contributed by atoms with Crippen molar-refractivity contribution in [1.82, 2.24) is 9.47 Å². The number of carbonyl (C=O) groups excluding carboxylic acids is 3. The number of nitrogens with zero attached hydrogens (tertiary/aromatic N) is 2. The number of esters is 1. The van der Waals surface area contributed by atoms with Crippen LogP contribution in [0.15, 0.2) is 30.2 Å². The Morgan fingerprint density at radius 3 is 2.56 bits per heavy atom. The lowest BCUT2D eigenvalue weighted by atomic mass is 9.99. The van der Waals surface area contributed by atoms with Crippen molar-refractivity contribution < 1.29 is 19.1 Å². The normalized spacial score (nSPS) is 11.7. The average molecular weight is 388 g/mol. The van der Waals surface area contributed by atoms with E-state index in [0.29, 0.717) is 27.4 Å². The zero-order valence-electron chi connectivity index (χ0n) is 16.2. The van der Waals surface area contributed by atoms with Gasteiger partial charge >= 0.3 is 5.97 Å². The zero-order chi connectivity index (χ0) is 20.3. The Morgan fingerprint density at radius 1 is 1.37 bits per heavy atom. The molecule has 0 saturated carbocycles. The van der Waals surface area contributed by atoms with E-state index in [0.717, 1.165) is 0 Å². The van der Waals surface area contributed by atoms with Crippen LogP contribution in [-0.2, 0) is 11.8 Å². The number of rotatable bonds is 7. The minimum atomic E-state index is -0.706. The molecule has 0 spiro atoms. The molecule has 6 nitrogen and oxygen atoms in total. The molecule has 2 aromatic rings. The first-order valence-electron chi connectivity index (χ1n) is 8.49. The molecule has 0 N–H and O–H groups in total. The molecule has 2 aromatic heterocycles. The van der Waals surface area contributed by atoms with E-state index in [1.807, 2.05) is 5.38 Å². The molecule has 144 valence electrons. The third kappa shape index (κ3) is 3.73. The fourth-order valence-corrected chi connectivity index (χ4v) is 3.85. The highest BCUT2D eigenvalue weighted by atomic mass is 32.1. The van der Waals surface area contributed by atoms with Crippen LogP contribution in [0, 0.1) is 13.8 Å². The molecule has 0 aliphatic rings. The van der Waals surface area contributed by atoms with Crippen molar-refractivity contribution in [3.63, 3.8) is 0 Å². The summed E-state index contributed by atoms with van der Waals surface area (Å²) in [5.41, 5.74) is 2.00. The fraction of sp³-hybridized carbons (Fsp3) is 0.350. The molecule has 0 aromatic carbocycles. The van der Waals surface area contributed by atoms with Gasteiger partial charge in [-0.05, 0) is 37.8 Å². The van der Waals surface area contributed by atoms with Gasteiger partial charge in [0.05, 0.1) is 18.0 Å². The van der Waals surface area contributed by atoms with Crippen LogP contribution in [-0.4, -0.2) is 46.8 Å². The molecular formula is C20H24N2O4S. The zero-order valence-corrected chi connectivity index (χ0v) is 17.1. The largest absolute Gasteiger partial charge is 0.464 e. The van der Waals surface area contributed by atoms with Crippen LogP contribution in [0.1, 0.15) is 48.7 Å². The van der Waals surface area contributed by atoms with Crippen molar-refractivity contribution in [2.24, 2.45) is 7.05 Å². The molecule has 0 saturated heterocycles. The third-order valence-corrected chi connectivity index (χ3v) is 5.58. The van der Waals surface area contributed by atoms with Crippen molar-refractivity contribution in [3.8, 4) is 0 Å². The van der Waals surface area contributed by atoms with Gasteiger partial charge in [-0.2, -0.15) is 0 Å². The summed E-state index contributed by atoms with van der Waals surface area (Å²) in [5.74, 6) is -0.935. The van der Waals surface area contributed by atoms with E-state index in [9.17, 15) is 14.4 Å². The standard InChI is InChI=1S/C20H24N2O4S/c1-7-10-22(19(24)15-9-8-11-27-15)14(4)18(23)16-12(2)17(20(25)26-6)21(5)13(16)3/h7-9,11,14H,1,10H2,2-6H3/t14-/m1/s1. The predicted molar refractivity (Wildman–Crippen MR) is 106 cm³/mol. The number of ether oxygens (including phenoxy) is 1. The first kappa shape index (κ1) is 20.6. The van der Waals surface area contributed by atoms with Crippen molar-refractivity contribution in [2.75, 3.05) is 13.7 Å². The molecule has 0 aliphatic carbocycles. The SMILES string of the molecule is C=CCN(C(=O)c1cccs1)[C@H](C)C(=O)c1c(C)c(C(=O)OC)n(C)c1C. The number of aromatic nitrogens is 1. The number of Topliss-reactive ketones (excluding diaryl/α,β-unsaturated/α-hetero) is 1. The summed E-state index contributed by atoms with van der Waals surface area (Å²) in [6.45, 7) is 9.14. The molecule has 2 rings (SSSR count). The lowest BCUT2D eigenvalue weighted by molar-refractivity contribution is 0.0588. The molecule has 0 radical (unpaired) electrons. The van der Waals surface area contributed by atoms with Gasteiger partial charge in [0.25, 0.3) is 5.91 Å². The number of hydrogen-bond donors (Lipinski definition) is 0. The summed E-state index contributed by atoms with van der Waals surface area (Å²) in [6, 6.07) is 2.82. The van der Waals surface area contributed by atoms with Gasteiger partial charge in [0.15, 0.2) is 5.78 Å². The highest BCUT2D eigenvalue weighted by molar-refractivity contribution is 7.12. The lowest BCUT2D eigenvalue weighted by Crippen LogP contribution is -2.43. The summed E-state index contributed by atoms with van der Waals surface area (Å²) >= 11 is 1.33. The van der Waals surface area contributed by atoms with Crippen molar-refractivity contribution in [2.45, 2.75) is 26.8 Å². The van der Waals surface area contributed by atoms with E-state index in [1.54, 1.807) is 50.6 Å². The van der Waals surface area contributed by atoms with Crippen LogP contribution >= 0.6 is 11.3 Å². The quantitative estimate of drug-likeness (QED) is 0.414. The molecule has 27 heavy (non-hydrogen) atoms. The summed E-state index contributed by atoms with van der Waals surface area (Å²) < 4.78 is 6.49. The van der Waals surface area contributed by atoms with Crippen molar-refractivity contribution >= 4 is 29.0 Å². The Morgan fingerprint density at radius 2 is 2.04 bits per heavy atom. The topological polar surface area (TPSA) is 68.6 Å². The molecule has 1 atom stereocenters. The van der Waals surface area contributed by atoms with E-state index in [-0.39, 0.29) is 18.2 Å². The maximum atomic E-state index is 13.3. The van der Waals surface area contributed by atoms with Crippen LogP contribution in [0.2, 0.25) is 0 Å². The molecule has 0 fully saturated rings. The smallest absolute Gasteiger partial charge is 0.354 e. The Labute approximate surface area is 163 Å². The molecule has 0 bridgehead atoms. The lowest BCUT2D eigenvalue weighted by Gasteiger charge is -2.27. The highest BCUT2D eigenvalue weighted by Crippen LogP contribution is 2.25. The highest BCUT2D eigenvalue weighted by Gasteiger charge is 2.32. The van der Waals surface area contributed by atoms with Gasteiger partial charge in [0.2, 0.25) is 0 Å². The van der Waals surface area contributed by atoms with E-state index in [4.69, 9.17) is 4.74 Å². The first-order valence-corrected chi connectivity index (χ1v) is 9.37. The second-order valence-electron chi connectivity index (χ2n) is 6.25. The Hall–Kier alpha value is -2.67. The molecule has 1 amide bonds. The Balaban J connectivity index is 2.45. The van der Waals surface area contributed by atoms with Crippen LogP contribution in [0.25, 0.3) is 0 Å². The van der Waals surface area contributed by atoms with Crippen molar-refractivity contribution in [3.05, 3.63) is 57.6 Å². The summed E-state index contributed by atoms with van der Waals surface area (Å²) in [6.07, 6.45) is 1.60. The number of thiophene rings is 1. The summed E-state index contributed by atoms with van der Waals surface area (Å²) in [7, 11) is 3.02. The molecule has 0 aliphatic heterocycles.